The predicted octanol–water partition coefficient (Wildman–Crippen LogP) is 6.27. The van der Waals surface area contributed by atoms with Crippen molar-refractivity contribution in [1.29, 1.82) is 0 Å². The summed E-state index contributed by atoms with van der Waals surface area (Å²) >= 11 is 0.699. The zero-order valence-electron chi connectivity index (χ0n) is 22.7. The molecule has 6 nitrogen and oxygen atoms in total. The molecule has 0 bridgehead atoms. The lowest BCUT2D eigenvalue weighted by Crippen LogP contribution is -2.38. The van der Waals surface area contributed by atoms with Crippen LogP contribution in [0.15, 0.2) is 0 Å². The molecule has 1 atom stereocenters. The molecule has 41 heavy (non-hydrogen) atoms. The summed E-state index contributed by atoms with van der Waals surface area (Å²) in [4.78, 5) is 51.9. The number of Topliss-reactive ketones (excluding diaryl/α,β-unsaturated/α-hetero) is 1. The topological polar surface area (TPSA) is 80.8 Å². The molecule has 2 aliphatic carbocycles. The second-order valence-corrected chi connectivity index (χ2v) is 12.4. The number of halogens is 5. The molecule has 3 fully saturated rings. The number of carbonyl (C=O) groups excluding carboxylic acids is 4. The number of imide groups is 1. The highest BCUT2D eigenvalue weighted by Gasteiger charge is 2.41. The van der Waals surface area contributed by atoms with Crippen LogP contribution in [-0.4, -0.2) is 46.0 Å². The molecule has 4 rings (SSSR count). The number of hydrogen-bond donors (Lipinski definition) is 0. The van der Waals surface area contributed by atoms with E-state index in [0.717, 1.165) is 56.3 Å². The van der Waals surface area contributed by atoms with Crippen LogP contribution in [0.4, 0.5) is 22.0 Å². The smallest absolute Gasteiger partial charge is 0.321 e. The van der Waals surface area contributed by atoms with Crippen LogP contribution in [-0.2, 0) is 19.2 Å². The number of likely N-dealkylation sites (tertiary alicyclic amines) is 1. The van der Waals surface area contributed by atoms with E-state index in [0.29, 0.717) is 17.5 Å². The Morgan fingerprint density at radius 2 is 1.24 bits per heavy atom. The predicted molar refractivity (Wildman–Crippen MR) is 140 cm³/mol. The molecular formula is C29H34F5NO5S. The Balaban J connectivity index is 1.24. The Kier molecular flexibility index (Phi) is 10.8. The molecule has 0 radical (unpaired) electrons. The van der Waals surface area contributed by atoms with Gasteiger partial charge in [0.1, 0.15) is 5.78 Å². The van der Waals surface area contributed by atoms with Crippen LogP contribution in [0, 0.1) is 46.8 Å². The molecule has 12 heteroatoms. The van der Waals surface area contributed by atoms with Crippen LogP contribution < -0.4 is 4.74 Å². The minimum Gasteiger partial charge on any atom is -0.419 e. The number of esters is 1. The van der Waals surface area contributed by atoms with Crippen molar-refractivity contribution in [2.24, 2.45) is 17.8 Å². The molecular weight excluding hydrogens is 569 g/mol. The number of rotatable bonds is 8. The Morgan fingerprint density at radius 3 is 1.83 bits per heavy atom. The van der Waals surface area contributed by atoms with Crippen molar-refractivity contribution in [3.8, 4) is 5.75 Å². The van der Waals surface area contributed by atoms with E-state index in [9.17, 15) is 41.1 Å². The molecule has 2 amide bonds. The first kappa shape index (κ1) is 31.4. The van der Waals surface area contributed by atoms with Crippen LogP contribution in [0.3, 0.4) is 0 Å². The van der Waals surface area contributed by atoms with E-state index in [1.807, 2.05) is 0 Å². The van der Waals surface area contributed by atoms with Crippen molar-refractivity contribution in [3.05, 3.63) is 29.1 Å². The fourth-order valence-corrected chi connectivity index (χ4v) is 7.03. The highest BCUT2D eigenvalue weighted by atomic mass is 32.2. The minimum absolute atomic E-state index is 0.0223. The summed E-state index contributed by atoms with van der Waals surface area (Å²) < 4.78 is 71.8. The first-order valence-corrected chi connectivity index (χ1v) is 15.3. The Hall–Kier alpha value is -2.50. The lowest BCUT2D eigenvalue weighted by atomic mass is 9.75. The van der Waals surface area contributed by atoms with E-state index in [-0.39, 0.29) is 30.7 Å². The van der Waals surface area contributed by atoms with Crippen LogP contribution >= 0.6 is 11.8 Å². The van der Waals surface area contributed by atoms with E-state index in [1.165, 1.54) is 25.7 Å². The molecule has 1 aliphatic heterocycles. The van der Waals surface area contributed by atoms with Crippen LogP contribution in [0.2, 0.25) is 0 Å². The molecule has 0 spiro atoms. The number of amides is 2. The fourth-order valence-electron chi connectivity index (χ4n) is 6.10. The van der Waals surface area contributed by atoms with E-state index < -0.39 is 63.6 Å². The normalized spacial score (nSPS) is 24.6. The Bertz CT molecular complexity index is 1130. The maximum Gasteiger partial charge on any atom is 0.321 e. The van der Waals surface area contributed by atoms with E-state index in [1.54, 1.807) is 0 Å². The van der Waals surface area contributed by atoms with E-state index in [2.05, 4.69) is 4.74 Å². The number of benzene rings is 1. The number of hydrogen-bond acceptors (Lipinski definition) is 6. The largest absolute Gasteiger partial charge is 0.419 e. The zero-order valence-corrected chi connectivity index (χ0v) is 23.5. The van der Waals surface area contributed by atoms with Crippen molar-refractivity contribution in [2.45, 2.75) is 88.7 Å². The van der Waals surface area contributed by atoms with Gasteiger partial charge in [0.15, 0.2) is 0 Å². The monoisotopic (exact) mass is 603 g/mol. The molecule has 1 aromatic rings. The summed E-state index contributed by atoms with van der Waals surface area (Å²) in [5, 5.41) is -0.937. The number of ketones is 1. The summed E-state index contributed by atoms with van der Waals surface area (Å²) in [6.07, 6.45) is 11.7. The Morgan fingerprint density at radius 1 is 0.732 bits per heavy atom. The second kappa shape index (κ2) is 14.1. The zero-order chi connectivity index (χ0) is 29.7. The van der Waals surface area contributed by atoms with Crippen LogP contribution in [0.25, 0.3) is 0 Å². The summed E-state index contributed by atoms with van der Waals surface area (Å²) in [6.45, 7) is 0.216. The fraction of sp³-hybridized carbons (Fsp3) is 0.655. The van der Waals surface area contributed by atoms with Crippen molar-refractivity contribution < 1.29 is 45.9 Å². The Labute approximate surface area is 239 Å². The first-order chi connectivity index (χ1) is 19.6. The van der Waals surface area contributed by atoms with Gasteiger partial charge in [0.2, 0.25) is 46.6 Å². The average molecular weight is 604 g/mol. The quantitative estimate of drug-likeness (QED) is 0.0870. The van der Waals surface area contributed by atoms with Gasteiger partial charge in [-0.2, -0.15) is 8.78 Å². The van der Waals surface area contributed by atoms with Crippen molar-refractivity contribution in [3.63, 3.8) is 0 Å². The third-order valence-electron chi connectivity index (χ3n) is 8.44. The number of carbonyl (C=O) groups is 4. The first-order valence-electron chi connectivity index (χ1n) is 14.3. The summed E-state index contributed by atoms with van der Waals surface area (Å²) in [5.41, 5.74) is 0. The summed E-state index contributed by atoms with van der Waals surface area (Å²) in [5.74, 6) is -15.5. The highest BCUT2D eigenvalue weighted by molar-refractivity contribution is 8.01. The van der Waals surface area contributed by atoms with Gasteiger partial charge < -0.3 is 4.74 Å². The van der Waals surface area contributed by atoms with Gasteiger partial charge >= 0.3 is 5.97 Å². The van der Waals surface area contributed by atoms with Crippen molar-refractivity contribution in [2.75, 3.05) is 12.3 Å². The van der Waals surface area contributed by atoms with Gasteiger partial charge in [0.05, 0.1) is 11.0 Å². The second-order valence-electron chi connectivity index (χ2n) is 11.2. The molecule has 0 aromatic heterocycles. The standard InChI is InChI=1S/C29H34F5NO5S/c30-22-23(31)25(33)28(26(34)24(22)32)40-21(37)15-41-19-13-20(36)35(29(19)39)14-16-9-11-18(12-10-16)27(38)17-7-5-3-1-2-4-6-8-17/h16-19H,1-15H2. The molecule has 226 valence electrons. The van der Waals surface area contributed by atoms with Gasteiger partial charge in [-0.15, -0.1) is 11.8 Å². The maximum absolute atomic E-state index is 13.8. The SMILES string of the molecule is O=C(CSC1CC(=O)N(CC2CCC(C(=O)C3CCCCCCCC3)CC2)C1=O)Oc1c(F)c(F)c(F)c(F)c1F. The summed E-state index contributed by atoms with van der Waals surface area (Å²) in [6, 6.07) is 0. The minimum atomic E-state index is -2.38. The maximum atomic E-state index is 13.8. The molecule has 1 saturated heterocycles. The third kappa shape index (κ3) is 7.48. The van der Waals surface area contributed by atoms with Gasteiger partial charge in [-0.1, -0.05) is 38.5 Å². The molecule has 1 unspecified atom stereocenters. The van der Waals surface area contributed by atoms with Crippen molar-refractivity contribution in [1.82, 2.24) is 4.90 Å². The van der Waals surface area contributed by atoms with Gasteiger partial charge in [-0.05, 0) is 44.4 Å². The van der Waals surface area contributed by atoms with Gasteiger partial charge in [0, 0.05) is 24.8 Å². The molecule has 1 heterocycles. The van der Waals surface area contributed by atoms with Crippen molar-refractivity contribution >= 4 is 35.3 Å². The van der Waals surface area contributed by atoms with Crippen LogP contribution in [0.5, 0.6) is 5.75 Å². The average Bonchev–Trinajstić information content (AvgIpc) is 3.31. The third-order valence-corrected chi connectivity index (χ3v) is 9.61. The molecule has 1 aromatic carbocycles. The van der Waals surface area contributed by atoms with Gasteiger partial charge in [-0.25, -0.2) is 13.2 Å². The lowest BCUT2D eigenvalue weighted by Gasteiger charge is -2.31. The van der Waals surface area contributed by atoms with Crippen LogP contribution in [0.1, 0.15) is 83.5 Å². The lowest BCUT2D eigenvalue weighted by molar-refractivity contribution is -0.139. The molecule has 3 aliphatic rings. The summed E-state index contributed by atoms with van der Waals surface area (Å²) in [7, 11) is 0. The number of nitrogens with zero attached hydrogens (tertiary/aromatic N) is 1. The molecule has 2 saturated carbocycles. The van der Waals surface area contributed by atoms with Gasteiger partial charge in [-0.3, -0.25) is 24.1 Å². The van der Waals surface area contributed by atoms with E-state index >= 15 is 0 Å². The van der Waals surface area contributed by atoms with E-state index in [4.69, 9.17) is 0 Å². The number of thioether (sulfide) groups is 1. The number of ether oxygens (including phenoxy) is 1. The molecule has 0 N–H and O–H groups in total. The van der Waals surface area contributed by atoms with Gasteiger partial charge in [0.25, 0.3) is 0 Å². The highest BCUT2D eigenvalue weighted by Crippen LogP contribution is 2.36.